The molecule has 1 saturated heterocycles. The van der Waals surface area contributed by atoms with Crippen molar-refractivity contribution in [1.82, 2.24) is 4.90 Å². The van der Waals surface area contributed by atoms with Crippen LogP contribution in [0.25, 0.3) is 0 Å². The van der Waals surface area contributed by atoms with Gasteiger partial charge in [-0.3, -0.25) is 9.69 Å². The van der Waals surface area contributed by atoms with E-state index < -0.39 is 5.97 Å². The molecule has 0 aromatic heterocycles. The smallest absolute Gasteiger partial charge is 0.303 e. The van der Waals surface area contributed by atoms with Crippen molar-refractivity contribution in [3.8, 4) is 0 Å². The van der Waals surface area contributed by atoms with E-state index in [0.717, 1.165) is 31.0 Å². The Morgan fingerprint density at radius 1 is 1.48 bits per heavy atom. The minimum Gasteiger partial charge on any atom is -0.481 e. The number of nitrogens with zero attached hydrogens (tertiary/aromatic N) is 1. The van der Waals surface area contributed by atoms with Crippen LogP contribution < -0.4 is 0 Å². The molecule has 1 aliphatic heterocycles. The molecule has 0 spiro atoms. The second-order valence-corrected chi connectivity index (χ2v) is 6.64. The minimum absolute atomic E-state index is 0.233. The monoisotopic (exact) mass is 309 g/mol. The lowest BCUT2D eigenvalue weighted by Gasteiger charge is -2.39. The van der Waals surface area contributed by atoms with Crippen molar-refractivity contribution in [2.24, 2.45) is 11.8 Å². The van der Waals surface area contributed by atoms with Gasteiger partial charge in [-0.1, -0.05) is 30.7 Å². The fourth-order valence-electron chi connectivity index (χ4n) is 3.28. The average molecular weight is 310 g/mol. The minimum atomic E-state index is -0.692. The van der Waals surface area contributed by atoms with Gasteiger partial charge in [-0.15, -0.1) is 0 Å². The molecule has 0 saturated carbocycles. The molecule has 1 fully saturated rings. The number of rotatable bonds is 5. The molecule has 1 aromatic carbocycles. The van der Waals surface area contributed by atoms with Crippen LogP contribution in [0.1, 0.15) is 44.7 Å². The quantitative estimate of drug-likeness (QED) is 0.885. The highest BCUT2D eigenvalue weighted by Crippen LogP contribution is 2.31. The maximum Gasteiger partial charge on any atom is 0.303 e. The van der Waals surface area contributed by atoms with Crippen LogP contribution >= 0.6 is 11.6 Å². The molecule has 0 bridgehead atoms. The summed E-state index contributed by atoms with van der Waals surface area (Å²) in [5.74, 6) is 0.0101. The van der Waals surface area contributed by atoms with E-state index in [1.165, 1.54) is 5.56 Å². The number of hydrogen-bond acceptors (Lipinski definition) is 2. The van der Waals surface area contributed by atoms with Gasteiger partial charge in [0.05, 0.1) is 0 Å². The molecule has 0 aliphatic carbocycles. The van der Waals surface area contributed by atoms with Gasteiger partial charge in [0.1, 0.15) is 0 Å². The van der Waals surface area contributed by atoms with E-state index in [-0.39, 0.29) is 12.3 Å². The number of halogens is 1. The highest BCUT2D eigenvalue weighted by atomic mass is 35.5. The van der Waals surface area contributed by atoms with Crippen molar-refractivity contribution >= 4 is 17.6 Å². The third kappa shape index (κ3) is 4.45. The van der Waals surface area contributed by atoms with E-state index in [9.17, 15) is 4.79 Å². The topological polar surface area (TPSA) is 40.5 Å². The Labute approximate surface area is 131 Å². The third-order valence-electron chi connectivity index (χ3n) is 4.67. The predicted octanol–water partition coefficient (Wildman–Crippen LogP) is 4.22. The zero-order chi connectivity index (χ0) is 15.4. The first-order chi connectivity index (χ1) is 9.97. The SMILES string of the molecule is CC(CC(=O)O)C1CCCN(C(C)c2cccc(Cl)c2)C1. The van der Waals surface area contributed by atoms with Gasteiger partial charge in [-0.25, -0.2) is 0 Å². The zero-order valence-corrected chi connectivity index (χ0v) is 13.5. The standard InChI is InChI=1S/C17H24ClNO2/c1-12(9-17(20)21)15-6-4-8-19(11-15)13(2)14-5-3-7-16(18)10-14/h3,5,7,10,12-13,15H,4,6,8-9,11H2,1-2H3,(H,20,21). The van der Waals surface area contributed by atoms with E-state index >= 15 is 0 Å². The number of hydrogen-bond donors (Lipinski definition) is 1. The van der Waals surface area contributed by atoms with Crippen LogP contribution in [0, 0.1) is 11.8 Å². The van der Waals surface area contributed by atoms with Gasteiger partial charge >= 0.3 is 5.97 Å². The van der Waals surface area contributed by atoms with Gasteiger partial charge in [0.15, 0.2) is 0 Å². The third-order valence-corrected chi connectivity index (χ3v) is 4.90. The van der Waals surface area contributed by atoms with E-state index in [2.05, 4.69) is 24.8 Å². The normalized spacial score (nSPS) is 22.7. The predicted molar refractivity (Wildman–Crippen MR) is 85.6 cm³/mol. The Bertz CT molecular complexity index is 491. The van der Waals surface area contributed by atoms with Crippen LogP contribution in [-0.2, 0) is 4.79 Å². The number of carbonyl (C=O) groups is 1. The Morgan fingerprint density at radius 2 is 2.24 bits per heavy atom. The molecule has 4 heteroatoms. The van der Waals surface area contributed by atoms with E-state index in [1.807, 2.05) is 18.2 Å². The fraction of sp³-hybridized carbons (Fsp3) is 0.588. The van der Waals surface area contributed by atoms with Crippen molar-refractivity contribution in [3.63, 3.8) is 0 Å². The lowest BCUT2D eigenvalue weighted by atomic mass is 9.84. The van der Waals surface area contributed by atoms with Gasteiger partial charge in [-0.2, -0.15) is 0 Å². The first kappa shape index (κ1) is 16.3. The molecular weight excluding hydrogens is 286 g/mol. The average Bonchev–Trinajstić information content (AvgIpc) is 2.46. The zero-order valence-electron chi connectivity index (χ0n) is 12.8. The first-order valence-electron chi connectivity index (χ1n) is 7.68. The summed E-state index contributed by atoms with van der Waals surface area (Å²) < 4.78 is 0. The fourth-order valence-corrected chi connectivity index (χ4v) is 3.47. The van der Waals surface area contributed by atoms with Gasteiger partial charge in [0.2, 0.25) is 0 Å². The number of benzene rings is 1. The second-order valence-electron chi connectivity index (χ2n) is 6.20. The Morgan fingerprint density at radius 3 is 2.90 bits per heavy atom. The molecule has 2 rings (SSSR count). The summed E-state index contributed by atoms with van der Waals surface area (Å²) in [4.78, 5) is 13.4. The molecular formula is C17H24ClNO2. The molecule has 0 amide bonds. The molecule has 1 aliphatic rings. The van der Waals surface area contributed by atoms with Crippen LogP contribution in [0.15, 0.2) is 24.3 Å². The summed E-state index contributed by atoms with van der Waals surface area (Å²) in [5.41, 5.74) is 1.23. The molecule has 116 valence electrons. The molecule has 3 nitrogen and oxygen atoms in total. The Kier molecular flexibility index (Phi) is 5.65. The number of carboxylic acids is 1. The van der Waals surface area contributed by atoms with E-state index in [4.69, 9.17) is 16.7 Å². The van der Waals surface area contributed by atoms with Gasteiger partial charge in [0.25, 0.3) is 0 Å². The molecule has 0 radical (unpaired) electrons. The summed E-state index contributed by atoms with van der Waals surface area (Å²) in [6, 6.07) is 8.34. The largest absolute Gasteiger partial charge is 0.481 e. The van der Waals surface area contributed by atoms with Crippen LogP contribution in [-0.4, -0.2) is 29.1 Å². The number of piperidine rings is 1. The molecule has 1 aromatic rings. The Hall–Kier alpha value is -1.06. The van der Waals surface area contributed by atoms with Crippen molar-refractivity contribution in [3.05, 3.63) is 34.9 Å². The van der Waals surface area contributed by atoms with Crippen molar-refractivity contribution in [2.45, 2.75) is 39.2 Å². The van der Waals surface area contributed by atoms with Crippen LogP contribution in [0.3, 0.4) is 0 Å². The van der Waals surface area contributed by atoms with E-state index in [0.29, 0.717) is 12.0 Å². The van der Waals surface area contributed by atoms with Gasteiger partial charge in [0, 0.05) is 24.0 Å². The summed E-state index contributed by atoms with van der Waals surface area (Å²) in [7, 11) is 0. The van der Waals surface area contributed by atoms with Crippen LogP contribution in [0.2, 0.25) is 5.02 Å². The molecule has 1 heterocycles. The van der Waals surface area contributed by atoms with Crippen molar-refractivity contribution in [2.75, 3.05) is 13.1 Å². The molecule has 21 heavy (non-hydrogen) atoms. The summed E-state index contributed by atoms with van der Waals surface area (Å²) >= 11 is 6.08. The van der Waals surface area contributed by atoms with Gasteiger partial charge in [-0.05, 0) is 55.8 Å². The number of likely N-dealkylation sites (tertiary alicyclic amines) is 1. The highest BCUT2D eigenvalue weighted by molar-refractivity contribution is 6.30. The highest BCUT2D eigenvalue weighted by Gasteiger charge is 2.28. The van der Waals surface area contributed by atoms with Crippen molar-refractivity contribution < 1.29 is 9.90 Å². The van der Waals surface area contributed by atoms with Gasteiger partial charge < -0.3 is 5.11 Å². The number of carboxylic acid groups (broad SMARTS) is 1. The summed E-state index contributed by atoms with van der Waals surface area (Å²) in [6.07, 6.45) is 2.54. The maximum absolute atomic E-state index is 10.9. The van der Waals surface area contributed by atoms with Crippen LogP contribution in [0.5, 0.6) is 0 Å². The van der Waals surface area contributed by atoms with Crippen molar-refractivity contribution in [1.29, 1.82) is 0 Å². The van der Waals surface area contributed by atoms with Crippen LogP contribution in [0.4, 0.5) is 0 Å². The first-order valence-corrected chi connectivity index (χ1v) is 8.06. The molecule has 3 unspecified atom stereocenters. The number of aliphatic carboxylic acids is 1. The summed E-state index contributed by atoms with van der Waals surface area (Å²) in [6.45, 7) is 6.31. The van der Waals surface area contributed by atoms with E-state index in [1.54, 1.807) is 0 Å². The lowest BCUT2D eigenvalue weighted by Crippen LogP contribution is -2.39. The Balaban J connectivity index is 2.01. The second kappa shape index (κ2) is 7.28. The molecule has 1 N–H and O–H groups in total. The lowest BCUT2D eigenvalue weighted by molar-refractivity contribution is -0.138. The molecule has 3 atom stereocenters. The summed E-state index contributed by atoms with van der Waals surface area (Å²) in [5, 5.41) is 9.74. The maximum atomic E-state index is 10.9.